The predicted molar refractivity (Wildman–Crippen MR) is 117 cm³/mol. The number of hydrogen-bond donors (Lipinski definition) is 3. The maximum absolute atomic E-state index is 12.5. The van der Waals surface area contributed by atoms with Crippen molar-refractivity contribution >= 4 is 44.9 Å². The lowest BCUT2D eigenvalue weighted by atomic mass is 10.1. The summed E-state index contributed by atoms with van der Waals surface area (Å²) in [6.07, 6.45) is 0.187. The fourth-order valence-corrected chi connectivity index (χ4v) is 3.92. The molecule has 0 aliphatic carbocycles. The summed E-state index contributed by atoms with van der Waals surface area (Å²) in [6, 6.07) is 17.9. The molecular weight excluding hydrogens is 398 g/mol. The van der Waals surface area contributed by atoms with E-state index >= 15 is 0 Å². The van der Waals surface area contributed by atoms with E-state index in [9.17, 15) is 9.59 Å². The van der Waals surface area contributed by atoms with Crippen molar-refractivity contribution in [2.24, 2.45) is 0 Å². The van der Waals surface area contributed by atoms with Crippen LogP contribution < -0.4 is 10.6 Å². The molecule has 4 aromatic rings. The normalized spacial score (nSPS) is 10.5. The highest BCUT2D eigenvalue weighted by Crippen LogP contribution is 2.30. The van der Waals surface area contributed by atoms with Crippen LogP contribution in [0.2, 0.25) is 0 Å². The number of nitrogens with zero attached hydrogens (tertiary/aromatic N) is 2. The number of aromatic nitrogens is 2. The zero-order valence-electron chi connectivity index (χ0n) is 16.0. The summed E-state index contributed by atoms with van der Waals surface area (Å²) in [6.45, 7) is 1.96. The first-order valence-electron chi connectivity index (χ1n) is 9.16. The molecule has 4 rings (SSSR count). The summed E-state index contributed by atoms with van der Waals surface area (Å²) in [5, 5.41) is 22.3. The summed E-state index contributed by atoms with van der Waals surface area (Å²) < 4.78 is 0. The molecule has 0 spiro atoms. The molecule has 0 unspecified atom stereocenters. The van der Waals surface area contributed by atoms with Crippen molar-refractivity contribution in [1.82, 2.24) is 10.2 Å². The number of hydrogen-bond acceptors (Lipinski definition) is 5. The second-order valence-corrected chi connectivity index (χ2v) is 7.88. The highest BCUT2D eigenvalue weighted by molar-refractivity contribution is 7.18. The minimum Gasteiger partial charge on any atom is -0.326 e. The molecule has 2 aromatic heterocycles. The topological polar surface area (TPSA) is 111 Å². The van der Waals surface area contributed by atoms with Crippen molar-refractivity contribution in [3.05, 3.63) is 76.2 Å². The van der Waals surface area contributed by atoms with Gasteiger partial charge in [0.05, 0.1) is 23.4 Å². The van der Waals surface area contributed by atoms with Gasteiger partial charge in [-0.2, -0.15) is 10.4 Å². The molecule has 2 aromatic carbocycles. The van der Waals surface area contributed by atoms with E-state index in [2.05, 4.69) is 20.8 Å². The molecule has 0 radical (unpaired) electrons. The maximum atomic E-state index is 12.5. The van der Waals surface area contributed by atoms with Gasteiger partial charge in [-0.3, -0.25) is 14.7 Å². The Balaban J connectivity index is 1.44. The average molecular weight is 415 g/mol. The number of aromatic amines is 1. The maximum Gasteiger partial charge on any atom is 0.256 e. The number of nitriles is 1. The Morgan fingerprint density at radius 1 is 1.10 bits per heavy atom. The van der Waals surface area contributed by atoms with Crippen LogP contribution in [0.3, 0.4) is 0 Å². The highest BCUT2D eigenvalue weighted by Gasteiger charge is 2.15. The third-order valence-corrected chi connectivity index (χ3v) is 5.52. The average Bonchev–Trinajstić information content (AvgIpc) is 3.30. The fraction of sp³-hybridized carbons (Fsp3) is 0.0909. The summed E-state index contributed by atoms with van der Waals surface area (Å²) in [7, 11) is 0. The number of carbonyl (C=O) groups is 2. The van der Waals surface area contributed by atoms with Gasteiger partial charge in [0.15, 0.2) is 0 Å². The second kappa shape index (κ2) is 8.19. The van der Waals surface area contributed by atoms with E-state index in [0.29, 0.717) is 22.6 Å². The standard InChI is InChI=1S/C22H17N5O2S/c1-13-2-6-15(7-3-13)21(29)25-20-18-10-17(30-22(18)27-26-20)11-19(28)24-16-8-4-14(12-23)5-9-16/h2-10H,11H2,1H3,(H,24,28)(H2,25,26,27,29). The Morgan fingerprint density at radius 3 is 2.53 bits per heavy atom. The molecule has 7 nitrogen and oxygen atoms in total. The van der Waals surface area contributed by atoms with Crippen molar-refractivity contribution < 1.29 is 9.59 Å². The number of fused-ring (bicyclic) bond motifs is 1. The lowest BCUT2D eigenvalue weighted by Crippen LogP contribution is -2.13. The molecule has 8 heteroatoms. The van der Waals surface area contributed by atoms with Crippen molar-refractivity contribution in [3.8, 4) is 6.07 Å². The van der Waals surface area contributed by atoms with Crippen molar-refractivity contribution in [2.45, 2.75) is 13.3 Å². The van der Waals surface area contributed by atoms with E-state index in [4.69, 9.17) is 5.26 Å². The lowest BCUT2D eigenvalue weighted by Gasteiger charge is -2.04. The SMILES string of the molecule is Cc1ccc(C(=O)Nc2[nH]nc3sc(CC(=O)Nc4ccc(C#N)cc4)cc23)cc1. The van der Waals surface area contributed by atoms with Gasteiger partial charge in [0, 0.05) is 16.1 Å². The Morgan fingerprint density at radius 2 is 1.83 bits per heavy atom. The number of carbonyl (C=O) groups excluding carboxylic acids is 2. The minimum absolute atomic E-state index is 0.169. The van der Waals surface area contributed by atoms with Crippen molar-refractivity contribution in [1.29, 1.82) is 5.26 Å². The minimum atomic E-state index is -0.230. The lowest BCUT2D eigenvalue weighted by molar-refractivity contribution is -0.115. The van der Waals surface area contributed by atoms with Gasteiger partial charge in [0.25, 0.3) is 5.91 Å². The van der Waals surface area contributed by atoms with Gasteiger partial charge >= 0.3 is 0 Å². The molecule has 0 aliphatic heterocycles. The van der Waals surface area contributed by atoms with E-state index in [-0.39, 0.29) is 18.2 Å². The number of aryl methyl sites for hydroxylation is 1. The molecule has 30 heavy (non-hydrogen) atoms. The second-order valence-electron chi connectivity index (χ2n) is 6.76. The van der Waals surface area contributed by atoms with E-state index in [1.165, 1.54) is 11.3 Å². The Hall–Kier alpha value is -3.96. The van der Waals surface area contributed by atoms with Crippen LogP contribution in [0.4, 0.5) is 11.5 Å². The molecule has 2 amide bonds. The molecular formula is C22H17N5O2S. The first kappa shape index (κ1) is 19.4. The van der Waals surface area contributed by atoms with Crippen molar-refractivity contribution in [2.75, 3.05) is 10.6 Å². The van der Waals surface area contributed by atoms with Gasteiger partial charge in [0.2, 0.25) is 5.91 Å². The monoisotopic (exact) mass is 415 g/mol. The van der Waals surface area contributed by atoms with Gasteiger partial charge in [-0.1, -0.05) is 17.7 Å². The van der Waals surface area contributed by atoms with Crippen LogP contribution in [-0.2, 0) is 11.2 Å². The Kier molecular flexibility index (Phi) is 5.28. The quantitative estimate of drug-likeness (QED) is 0.453. The van der Waals surface area contributed by atoms with E-state index in [0.717, 1.165) is 20.7 Å². The first-order chi connectivity index (χ1) is 14.5. The van der Waals surface area contributed by atoms with Crippen LogP contribution in [0.15, 0.2) is 54.6 Å². The number of nitrogens with one attached hydrogen (secondary N) is 3. The molecule has 0 aliphatic rings. The van der Waals surface area contributed by atoms with E-state index in [1.807, 2.05) is 31.2 Å². The van der Waals surface area contributed by atoms with Crippen molar-refractivity contribution in [3.63, 3.8) is 0 Å². The Labute approximate surface area is 176 Å². The molecule has 3 N–H and O–H groups in total. The van der Waals surface area contributed by atoms with Gasteiger partial charge < -0.3 is 10.6 Å². The first-order valence-corrected chi connectivity index (χ1v) is 9.98. The molecule has 0 bridgehead atoms. The smallest absolute Gasteiger partial charge is 0.256 e. The van der Waals surface area contributed by atoms with Crippen LogP contribution in [0.5, 0.6) is 0 Å². The third kappa shape index (κ3) is 4.21. The summed E-state index contributed by atoms with van der Waals surface area (Å²) >= 11 is 1.39. The zero-order chi connectivity index (χ0) is 21.1. The van der Waals surface area contributed by atoms with Crippen LogP contribution >= 0.6 is 11.3 Å². The summed E-state index contributed by atoms with van der Waals surface area (Å²) in [4.78, 5) is 26.4. The number of thiophene rings is 1. The summed E-state index contributed by atoms with van der Waals surface area (Å²) in [5.41, 5.74) is 2.80. The highest BCUT2D eigenvalue weighted by atomic mass is 32.1. The Bertz CT molecular complexity index is 1260. The van der Waals surface area contributed by atoms with Gasteiger partial charge in [0.1, 0.15) is 10.6 Å². The zero-order valence-corrected chi connectivity index (χ0v) is 16.8. The number of rotatable bonds is 5. The third-order valence-electron chi connectivity index (χ3n) is 4.49. The van der Waals surface area contributed by atoms with E-state index in [1.54, 1.807) is 36.4 Å². The van der Waals surface area contributed by atoms with Gasteiger partial charge in [-0.25, -0.2) is 0 Å². The molecule has 2 heterocycles. The summed E-state index contributed by atoms with van der Waals surface area (Å²) in [5.74, 6) is 0.107. The fourth-order valence-electron chi connectivity index (χ4n) is 2.92. The van der Waals surface area contributed by atoms with Gasteiger partial charge in [-0.15, -0.1) is 11.3 Å². The largest absolute Gasteiger partial charge is 0.326 e. The molecule has 0 saturated carbocycles. The van der Waals surface area contributed by atoms with Crippen LogP contribution in [0.1, 0.15) is 26.4 Å². The van der Waals surface area contributed by atoms with Crippen LogP contribution in [0.25, 0.3) is 10.2 Å². The number of amides is 2. The molecule has 148 valence electrons. The van der Waals surface area contributed by atoms with Crippen LogP contribution in [-0.4, -0.2) is 22.0 Å². The van der Waals surface area contributed by atoms with Crippen LogP contribution in [0, 0.1) is 18.3 Å². The number of benzene rings is 2. The predicted octanol–water partition coefficient (Wildman–Crippen LogP) is 4.24. The molecule has 0 atom stereocenters. The molecule has 0 fully saturated rings. The molecule has 0 saturated heterocycles. The van der Waals surface area contributed by atoms with Gasteiger partial charge in [-0.05, 0) is 49.4 Å². The van der Waals surface area contributed by atoms with E-state index < -0.39 is 0 Å². The number of anilines is 2. The number of H-pyrrole nitrogens is 1.